The lowest BCUT2D eigenvalue weighted by Crippen LogP contribution is -2.48. The number of fused-ring (bicyclic) bond motifs is 1. The van der Waals surface area contributed by atoms with Gasteiger partial charge in [0.2, 0.25) is 0 Å². The Morgan fingerprint density at radius 2 is 1.79 bits per heavy atom. The van der Waals surface area contributed by atoms with Crippen LogP contribution in [0.3, 0.4) is 0 Å². The van der Waals surface area contributed by atoms with Gasteiger partial charge in [-0.1, -0.05) is 48.0 Å². The van der Waals surface area contributed by atoms with Crippen molar-refractivity contribution in [1.82, 2.24) is 4.98 Å². The maximum absolute atomic E-state index is 13.1. The molecule has 0 unspecified atom stereocenters. The predicted molar refractivity (Wildman–Crippen MR) is 139 cm³/mol. The summed E-state index contributed by atoms with van der Waals surface area (Å²) < 4.78 is 16.7. The van der Waals surface area contributed by atoms with Crippen LogP contribution in [0, 0.1) is 16.0 Å². The molecule has 1 N–H and O–H groups in total. The van der Waals surface area contributed by atoms with Crippen molar-refractivity contribution >= 4 is 40.1 Å². The molecule has 2 heterocycles. The fourth-order valence-electron chi connectivity index (χ4n) is 4.65. The van der Waals surface area contributed by atoms with Gasteiger partial charge in [-0.15, -0.1) is 0 Å². The highest BCUT2D eigenvalue weighted by Gasteiger charge is 2.48. The van der Waals surface area contributed by atoms with E-state index in [1.165, 1.54) is 26.0 Å². The number of non-ortho nitro benzene ring substituents is 1. The number of hydrogen-bond donors (Lipinski definition) is 1. The molecule has 0 spiro atoms. The fourth-order valence-corrected chi connectivity index (χ4v) is 4.90. The van der Waals surface area contributed by atoms with E-state index in [1.54, 1.807) is 36.5 Å². The van der Waals surface area contributed by atoms with E-state index in [2.05, 4.69) is 4.98 Å². The summed E-state index contributed by atoms with van der Waals surface area (Å²) in [5, 5.41) is 12.1. The van der Waals surface area contributed by atoms with Crippen LogP contribution in [-0.2, 0) is 25.7 Å². The van der Waals surface area contributed by atoms with Crippen LogP contribution in [0.1, 0.15) is 36.5 Å². The van der Waals surface area contributed by atoms with Crippen LogP contribution in [0.25, 0.3) is 10.9 Å². The first-order valence-corrected chi connectivity index (χ1v) is 12.2. The van der Waals surface area contributed by atoms with Gasteiger partial charge in [0.15, 0.2) is 5.92 Å². The second kappa shape index (κ2) is 9.83. The molecular formula is C28H23ClN2O7. The number of cyclic esters (lactones) is 2. The van der Waals surface area contributed by atoms with Crippen molar-refractivity contribution in [2.75, 3.05) is 0 Å². The number of aromatic nitrogens is 1. The number of carbonyl (C=O) groups excluding carboxylic acids is 2. The molecule has 4 aromatic rings. The summed E-state index contributed by atoms with van der Waals surface area (Å²) in [5.74, 6) is -4.42. The molecule has 9 nitrogen and oxygen atoms in total. The molecule has 0 aliphatic carbocycles. The van der Waals surface area contributed by atoms with Gasteiger partial charge in [0.25, 0.3) is 11.5 Å². The maximum Gasteiger partial charge on any atom is 0.324 e. The number of H-pyrrole nitrogens is 1. The molecule has 0 saturated carbocycles. The van der Waals surface area contributed by atoms with Crippen LogP contribution in [-0.4, -0.2) is 27.6 Å². The number of ether oxygens (including phenoxy) is 3. The Morgan fingerprint density at radius 1 is 1.05 bits per heavy atom. The Balaban J connectivity index is 1.50. The first-order valence-electron chi connectivity index (χ1n) is 11.8. The predicted octanol–water partition coefficient (Wildman–Crippen LogP) is 5.89. The van der Waals surface area contributed by atoms with Crippen LogP contribution in [0.4, 0.5) is 5.69 Å². The van der Waals surface area contributed by atoms with E-state index in [1.807, 2.05) is 24.3 Å². The van der Waals surface area contributed by atoms with Gasteiger partial charge in [0.1, 0.15) is 12.4 Å². The average molecular weight is 535 g/mol. The molecule has 1 fully saturated rings. The monoisotopic (exact) mass is 534 g/mol. The van der Waals surface area contributed by atoms with E-state index in [0.29, 0.717) is 22.4 Å². The number of nitro benzene ring substituents is 1. The van der Waals surface area contributed by atoms with E-state index in [4.69, 9.17) is 25.8 Å². The lowest BCUT2D eigenvalue weighted by molar-refractivity contribution is -0.384. The SMILES string of the molecule is CC1(C)OC(=O)C([C@@H](c2ccc(OCc3cccc([N+](=O)[O-])c3)c(Cl)c2)c2c[nH]c3ccccc23)C(=O)O1. The number of hydrogen-bond acceptors (Lipinski definition) is 7. The molecule has 5 rings (SSSR count). The van der Waals surface area contributed by atoms with Crippen LogP contribution >= 0.6 is 11.6 Å². The minimum absolute atomic E-state index is 0.0384. The number of benzene rings is 3. The Morgan fingerprint density at radius 3 is 2.50 bits per heavy atom. The molecule has 10 heteroatoms. The number of rotatable bonds is 7. The number of nitrogens with zero attached hydrogens (tertiary/aromatic N) is 1. The van der Waals surface area contributed by atoms with E-state index in [0.717, 1.165) is 10.9 Å². The normalized spacial score (nSPS) is 16.1. The summed E-state index contributed by atoms with van der Waals surface area (Å²) in [6, 6.07) is 18.7. The highest BCUT2D eigenvalue weighted by molar-refractivity contribution is 6.32. The number of nitro groups is 1. The van der Waals surface area contributed by atoms with Crippen molar-refractivity contribution in [2.24, 2.45) is 5.92 Å². The van der Waals surface area contributed by atoms with Crippen LogP contribution in [0.5, 0.6) is 5.75 Å². The third-order valence-corrected chi connectivity index (χ3v) is 6.62. The molecule has 1 saturated heterocycles. The third-order valence-electron chi connectivity index (χ3n) is 6.32. The van der Waals surface area contributed by atoms with Crippen molar-refractivity contribution in [1.29, 1.82) is 0 Å². The van der Waals surface area contributed by atoms with Crippen molar-refractivity contribution < 1.29 is 28.7 Å². The average Bonchev–Trinajstić information content (AvgIpc) is 3.29. The zero-order chi connectivity index (χ0) is 27.0. The van der Waals surface area contributed by atoms with Gasteiger partial charge < -0.3 is 19.2 Å². The molecule has 1 aromatic heterocycles. The summed E-state index contributed by atoms with van der Waals surface area (Å²) >= 11 is 6.58. The number of aromatic amines is 1. The molecule has 194 valence electrons. The van der Waals surface area contributed by atoms with Gasteiger partial charge in [-0.2, -0.15) is 0 Å². The smallest absolute Gasteiger partial charge is 0.324 e. The Labute approximate surface area is 222 Å². The second-order valence-corrected chi connectivity index (χ2v) is 9.80. The second-order valence-electron chi connectivity index (χ2n) is 9.39. The molecule has 1 aliphatic heterocycles. The van der Waals surface area contributed by atoms with Gasteiger partial charge in [-0.05, 0) is 34.9 Å². The van der Waals surface area contributed by atoms with Gasteiger partial charge in [-0.3, -0.25) is 19.7 Å². The quantitative estimate of drug-likeness (QED) is 0.136. The summed E-state index contributed by atoms with van der Waals surface area (Å²) in [7, 11) is 0. The molecular weight excluding hydrogens is 512 g/mol. The Kier molecular flexibility index (Phi) is 6.54. The lowest BCUT2D eigenvalue weighted by atomic mass is 9.80. The highest BCUT2D eigenvalue weighted by Crippen LogP contribution is 2.42. The molecule has 38 heavy (non-hydrogen) atoms. The molecule has 3 aromatic carbocycles. The molecule has 1 aliphatic rings. The van der Waals surface area contributed by atoms with Gasteiger partial charge >= 0.3 is 11.9 Å². The standard InChI is InChI=1S/C28H23ClN2O7/c1-28(2)37-26(32)25(27(33)38-28)24(20-14-30-22-9-4-3-8-19(20)22)17-10-11-23(21(29)13-17)36-15-16-6-5-7-18(12-16)31(34)35/h3-14,24-25,30H,15H2,1-2H3/t24-/m0/s1. The largest absolute Gasteiger partial charge is 0.487 e. The van der Waals surface area contributed by atoms with E-state index >= 15 is 0 Å². The highest BCUT2D eigenvalue weighted by atomic mass is 35.5. The number of esters is 2. The topological polar surface area (TPSA) is 121 Å². The molecule has 0 amide bonds. The first kappa shape index (κ1) is 25.3. The van der Waals surface area contributed by atoms with E-state index in [-0.39, 0.29) is 17.3 Å². The summed E-state index contributed by atoms with van der Waals surface area (Å²) in [6.07, 6.45) is 1.76. The summed E-state index contributed by atoms with van der Waals surface area (Å²) in [6.45, 7) is 3.07. The Hall–Kier alpha value is -4.37. The van der Waals surface area contributed by atoms with E-state index < -0.39 is 34.5 Å². The van der Waals surface area contributed by atoms with Crippen LogP contribution in [0.2, 0.25) is 5.02 Å². The number of carbonyl (C=O) groups is 2. The summed E-state index contributed by atoms with van der Waals surface area (Å²) in [5.41, 5.74) is 2.70. The van der Waals surface area contributed by atoms with Crippen molar-refractivity contribution in [3.63, 3.8) is 0 Å². The van der Waals surface area contributed by atoms with E-state index in [9.17, 15) is 19.7 Å². The third kappa shape index (κ3) is 4.92. The van der Waals surface area contributed by atoms with Crippen LogP contribution < -0.4 is 4.74 Å². The van der Waals surface area contributed by atoms with Gasteiger partial charge in [0, 0.05) is 49.0 Å². The first-order chi connectivity index (χ1) is 18.1. The van der Waals surface area contributed by atoms with Crippen molar-refractivity contribution in [3.8, 4) is 5.75 Å². The number of para-hydroxylation sites is 1. The van der Waals surface area contributed by atoms with Gasteiger partial charge in [-0.25, -0.2) is 0 Å². The number of halogens is 1. The van der Waals surface area contributed by atoms with Crippen LogP contribution in [0.15, 0.2) is 72.9 Å². The van der Waals surface area contributed by atoms with Crippen molar-refractivity contribution in [2.45, 2.75) is 32.2 Å². The lowest BCUT2D eigenvalue weighted by Gasteiger charge is -2.36. The minimum atomic E-state index is -1.36. The number of nitrogens with one attached hydrogen (secondary N) is 1. The maximum atomic E-state index is 13.1. The zero-order valence-corrected chi connectivity index (χ0v) is 21.2. The van der Waals surface area contributed by atoms with Crippen molar-refractivity contribution in [3.05, 3.63) is 105 Å². The zero-order valence-electron chi connectivity index (χ0n) is 20.5. The molecule has 1 atom stereocenters. The van der Waals surface area contributed by atoms with Gasteiger partial charge in [0.05, 0.1) is 9.95 Å². The summed E-state index contributed by atoms with van der Waals surface area (Å²) in [4.78, 5) is 40.0. The fraction of sp³-hybridized carbons (Fsp3) is 0.214. The minimum Gasteiger partial charge on any atom is -0.487 e. The molecule has 0 bridgehead atoms. The Bertz CT molecular complexity index is 1540. The molecule has 0 radical (unpaired) electrons.